The molecule has 1 fully saturated rings. The van der Waals surface area contributed by atoms with Crippen molar-refractivity contribution in [3.05, 3.63) is 35.8 Å². The minimum atomic E-state index is -0.920. The zero-order valence-electron chi connectivity index (χ0n) is 12.5. The average Bonchev–Trinajstić information content (AvgIpc) is 3.04. The van der Waals surface area contributed by atoms with Gasteiger partial charge in [0.05, 0.1) is 5.69 Å². The Bertz CT molecular complexity index is 663. The third-order valence-corrected chi connectivity index (χ3v) is 4.31. The van der Waals surface area contributed by atoms with Gasteiger partial charge in [0.15, 0.2) is 0 Å². The predicted molar refractivity (Wildman–Crippen MR) is 80.7 cm³/mol. The van der Waals surface area contributed by atoms with Crippen LogP contribution in [0.4, 0.5) is 0 Å². The molecule has 1 atom stereocenters. The Labute approximate surface area is 124 Å². The van der Waals surface area contributed by atoms with E-state index < -0.39 is 5.97 Å². The molecule has 5 heteroatoms. The number of aromatic nitrogens is 2. The lowest BCUT2D eigenvalue weighted by molar-refractivity contribution is 0.0689. The van der Waals surface area contributed by atoms with Gasteiger partial charge in [0, 0.05) is 18.8 Å². The zero-order valence-corrected chi connectivity index (χ0v) is 12.5. The molecule has 0 amide bonds. The molecule has 0 aromatic carbocycles. The number of pyridine rings is 1. The normalized spacial score (nSPS) is 19.7. The van der Waals surface area contributed by atoms with Crippen LogP contribution in [0.5, 0.6) is 0 Å². The molecule has 0 radical (unpaired) electrons. The van der Waals surface area contributed by atoms with Gasteiger partial charge in [0.2, 0.25) is 0 Å². The maximum absolute atomic E-state index is 11.2. The molecule has 1 N–H and O–H groups in total. The maximum Gasteiger partial charge on any atom is 0.352 e. The third kappa shape index (κ3) is 2.78. The van der Waals surface area contributed by atoms with Gasteiger partial charge in [-0.25, -0.2) is 9.78 Å². The van der Waals surface area contributed by atoms with Gasteiger partial charge in [-0.05, 0) is 51.3 Å². The van der Waals surface area contributed by atoms with Crippen molar-refractivity contribution in [1.82, 2.24) is 14.3 Å². The smallest absolute Gasteiger partial charge is 0.352 e. The van der Waals surface area contributed by atoms with Crippen molar-refractivity contribution in [2.75, 3.05) is 13.1 Å². The fraction of sp³-hybridized carbons (Fsp3) is 0.500. The quantitative estimate of drug-likeness (QED) is 0.937. The number of hydrogen-bond donors (Lipinski definition) is 1. The molecular weight excluding hydrogens is 266 g/mol. The molecule has 0 aliphatic carbocycles. The molecule has 1 saturated heterocycles. The van der Waals surface area contributed by atoms with E-state index in [-0.39, 0.29) is 5.69 Å². The van der Waals surface area contributed by atoms with Crippen LogP contribution < -0.4 is 0 Å². The van der Waals surface area contributed by atoms with E-state index in [1.807, 2.05) is 12.3 Å². The van der Waals surface area contributed by atoms with Gasteiger partial charge in [0.1, 0.15) is 11.3 Å². The molecule has 0 saturated carbocycles. The highest BCUT2D eigenvalue weighted by atomic mass is 16.4. The van der Waals surface area contributed by atoms with Gasteiger partial charge < -0.3 is 10.0 Å². The second-order valence-corrected chi connectivity index (χ2v) is 6.12. The van der Waals surface area contributed by atoms with E-state index in [1.54, 1.807) is 16.5 Å². The summed E-state index contributed by atoms with van der Waals surface area (Å²) in [5.41, 5.74) is 1.96. The van der Waals surface area contributed by atoms with Crippen LogP contribution >= 0.6 is 0 Å². The molecule has 21 heavy (non-hydrogen) atoms. The summed E-state index contributed by atoms with van der Waals surface area (Å²) in [6, 6.07) is 5.79. The van der Waals surface area contributed by atoms with E-state index in [4.69, 9.17) is 0 Å². The number of carbonyl (C=O) groups is 1. The molecule has 2 aromatic rings. The number of nitrogens with zero attached hydrogens (tertiary/aromatic N) is 3. The first kappa shape index (κ1) is 14.1. The summed E-state index contributed by atoms with van der Waals surface area (Å²) in [5, 5.41) is 9.22. The van der Waals surface area contributed by atoms with Gasteiger partial charge >= 0.3 is 5.97 Å². The number of aromatic carboxylic acids is 1. The Hall–Kier alpha value is -1.88. The summed E-state index contributed by atoms with van der Waals surface area (Å²) in [6.07, 6.45) is 3.98. The van der Waals surface area contributed by atoms with Gasteiger partial charge in [0.25, 0.3) is 0 Å². The summed E-state index contributed by atoms with van der Waals surface area (Å²) in [5.74, 6) is -0.304. The number of carboxylic acids is 1. The molecule has 3 heterocycles. The van der Waals surface area contributed by atoms with Gasteiger partial charge in [-0.3, -0.25) is 4.40 Å². The zero-order chi connectivity index (χ0) is 15.0. The molecule has 2 aromatic heterocycles. The molecule has 1 aliphatic rings. The fourth-order valence-electron chi connectivity index (χ4n) is 3.13. The van der Waals surface area contributed by atoms with Crippen LogP contribution in [0.15, 0.2) is 24.4 Å². The highest BCUT2D eigenvalue weighted by molar-refractivity contribution is 5.86. The van der Waals surface area contributed by atoms with E-state index in [0.29, 0.717) is 17.6 Å². The lowest BCUT2D eigenvalue weighted by Gasteiger charge is -2.19. The lowest BCUT2D eigenvalue weighted by atomic mass is 10.0. The molecule has 5 nitrogen and oxygen atoms in total. The summed E-state index contributed by atoms with van der Waals surface area (Å²) >= 11 is 0. The highest BCUT2D eigenvalue weighted by Crippen LogP contribution is 2.22. The summed E-state index contributed by atoms with van der Waals surface area (Å²) in [4.78, 5) is 18.3. The van der Waals surface area contributed by atoms with Crippen molar-refractivity contribution >= 4 is 11.6 Å². The van der Waals surface area contributed by atoms with Crippen LogP contribution in [0.3, 0.4) is 0 Å². The highest BCUT2D eigenvalue weighted by Gasteiger charge is 2.25. The minimum absolute atomic E-state index is 0.265. The van der Waals surface area contributed by atoms with Crippen molar-refractivity contribution in [2.24, 2.45) is 5.92 Å². The molecule has 1 aliphatic heterocycles. The maximum atomic E-state index is 11.2. The van der Waals surface area contributed by atoms with Crippen LogP contribution in [0.1, 0.15) is 36.5 Å². The molecule has 0 bridgehead atoms. The van der Waals surface area contributed by atoms with E-state index in [1.165, 1.54) is 6.42 Å². The monoisotopic (exact) mass is 287 g/mol. The van der Waals surface area contributed by atoms with Crippen molar-refractivity contribution in [1.29, 1.82) is 0 Å². The van der Waals surface area contributed by atoms with Gasteiger partial charge in [-0.2, -0.15) is 0 Å². The third-order valence-electron chi connectivity index (χ3n) is 4.31. The molecule has 1 unspecified atom stereocenters. The van der Waals surface area contributed by atoms with Crippen LogP contribution in [-0.4, -0.2) is 44.5 Å². The Morgan fingerprint density at radius 2 is 2.29 bits per heavy atom. The number of fused-ring (bicyclic) bond motifs is 1. The van der Waals surface area contributed by atoms with Gasteiger partial charge in [-0.15, -0.1) is 0 Å². The van der Waals surface area contributed by atoms with E-state index in [0.717, 1.165) is 25.2 Å². The second kappa shape index (κ2) is 5.48. The summed E-state index contributed by atoms with van der Waals surface area (Å²) in [7, 11) is 0. The van der Waals surface area contributed by atoms with E-state index in [2.05, 4.69) is 23.7 Å². The first-order chi connectivity index (χ1) is 10.0. The Balaban J connectivity index is 1.80. The topological polar surface area (TPSA) is 57.8 Å². The minimum Gasteiger partial charge on any atom is -0.477 e. The largest absolute Gasteiger partial charge is 0.477 e. The lowest BCUT2D eigenvalue weighted by Crippen LogP contribution is -2.28. The molecule has 0 spiro atoms. The number of imidazole rings is 1. The van der Waals surface area contributed by atoms with Crippen LogP contribution in [0.25, 0.3) is 5.65 Å². The Morgan fingerprint density at radius 3 is 2.95 bits per heavy atom. The Morgan fingerprint density at radius 1 is 1.48 bits per heavy atom. The summed E-state index contributed by atoms with van der Waals surface area (Å²) in [6.45, 7) is 6.71. The number of rotatable bonds is 4. The molecule has 112 valence electrons. The van der Waals surface area contributed by atoms with Gasteiger partial charge in [-0.1, -0.05) is 6.07 Å². The van der Waals surface area contributed by atoms with Crippen LogP contribution in [-0.2, 0) is 6.42 Å². The second-order valence-electron chi connectivity index (χ2n) is 6.12. The average molecular weight is 287 g/mol. The number of likely N-dealkylation sites (tertiary alicyclic amines) is 1. The van der Waals surface area contributed by atoms with Crippen molar-refractivity contribution in [3.63, 3.8) is 0 Å². The predicted octanol–water partition coefficient (Wildman–Crippen LogP) is 2.31. The van der Waals surface area contributed by atoms with E-state index >= 15 is 0 Å². The van der Waals surface area contributed by atoms with E-state index in [9.17, 15) is 9.90 Å². The van der Waals surface area contributed by atoms with Crippen molar-refractivity contribution in [2.45, 2.75) is 32.7 Å². The van der Waals surface area contributed by atoms with Crippen molar-refractivity contribution < 1.29 is 9.90 Å². The first-order valence-electron chi connectivity index (χ1n) is 7.49. The van der Waals surface area contributed by atoms with Crippen LogP contribution in [0.2, 0.25) is 0 Å². The van der Waals surface area contributed by atoms with Crippen LogP contribution in [0, 0.1) is 5.92 Å². The number of carboxylic acid groups (broad SMARTS) is 1. The SMILES string of the molecule is CC(C)N1CCC(Cc2cn3c(C(=O)O)cccc3n2)C1. The molecular formula is C16H21N3O2. The first-order valence-corrected chi connectivity index (χ1v) is 7.49. The summed E-state index contributed by atoms with van der Waals surface area (Å²) < 4.78 is 1.67. The Kier molecular flexibility index (Phi) is 3.68. The fourth-order valence-corrected chi connectivity index (χ4v) is 3.13. The molecule has 3 rings (SSSR count). The number of hydrogen-bond acceptors (Lipinski definition) is 3. The standard InChI is InChI=1S/C16H21N3O2/c1-11(2)18-7-6-12(9-18)8-13-10-19-14(16(20)21)4-3-5-15(19)17-13/h3-5,10-12H,6-9H2,1-2H3,(H,20,21). The van der Waals surface area contributed by atoms with Crippen molar-refractivity contribution in [3.8, 4) is 0 Å².